The maximum atomic E-state index is 13.1. The van der Waals surface area contributed by atoms with Gasteiger partial charge in [0.1, 0.15) is 5.78 Å². The Labute approximate surface area is 106 Å². The highest BCUT2D eigenvalue weighted by atomic mass is 19.2. The molecule has 0 fully saturated rings. The van der Waals surface area contributed by atoms with E-state index in [1.165, 1.54) is 12.1 Å². The summed E-state index contributed by atoms with van der Waals surface area (Å²) >= 11 is 0. The molecule has 1 atom stereocenters. The molecule has 0 aromatic heterocycles. The number of hydrogen-bond acceptors (Lipinski definition) is 2. The van der Waals surface area contributed by atoms with Crippen molar-refractivity contribution in [3.05, 3.63) is 35.4 Å². The van der Waals surface area contributed by atoms with E-state index in [2.05, 4.69) is 0 Å². The number of benzene rings is 1. The van der Waals surface area contributed by atoms with Crippen LogP contribution in [0.15, 0.2) is 18.2 Å². The predicted octanol–water partition coefficient (Wildman–Crippen LogP) is 2.84. The molecule has 1 aromatic carbocycles. The summed E-state index contributed by atoms with van der Waals surface area (Å²) in [6, 6.07) is 3.33. The third-order valence-electron chi connectivity index (χ3n) is 2.83. The van der Waals surface area contributed by atoms with Crippen LogP contribution in [0.5, 0.6) is 0 Å². The minimum Gasteiger partial charge on any atom is -0.322 e. The van der Waals surface area contributed by atoms with Crippen molar-refractivity contribution in [3.63, 3.8) is 0 Å². The molecule has 4 heteroatoms. The summed E-state index contributed by atoms with van der Waals surface area (Å²) in [6.07, 6.45) is 0.826. The molecule has 0 heterocycles. The molecule has 0 amide bonds. The molecule has 0 aliphatic rings. The fourth-order valence-corrected chi connectivity index (χ4v) is 1.90. The molecular formula is C14H19F2NO. The summed E-state index contributed by atoms with van der Waals surface area (Å²) in [5, 5.41) is 0. The lowest BCUT2D eigenvalue weighted by atomic mass is 9.80. The number of hydrogen-bond donors (Lipinski definition) is 1. The molecule has 1 rings (SSSR count). The number of carbonyl (C=O) groups excluding carboxylic acids is 1. The van der Waals surface area contributed by atoms with Gasteiger partial charge < -0.3 is 5.73 Å². The Morgan fingerprint density at radius 3 is 2.44 bits per heavy atom. The number of ketones is 1. The third kappa shape index (κ3) is 4.18. The maximum Gasteiger partial charge on any atom is 0.159 e. The van der Waals surface area contributed by atoms with Gasteiger partial charge >= 0.3 is 0 Å². The summed E-state index contributed by atoms with van der Waals surface area (Å²) in [7, 11) is 0. The Kier molecular flexibility index (Phi) is 4.57. The fourth-order valence-electron chi connectivity index (χ4n) is 1.90. The summed E-state index contributed by atoms with van der Waals surface area (Å²) in [6.45, 7) is 5.47. The molecule has 0 spiro atoms. The first kappa shape index (κ1) is 14.8. The summed E-state index contributed by atoms with van der Waals surface area (Å²) in [5.74, 6) is -1.74. The second kappa shape index (κ2) is 5.57. The van der Waals surface area contributed by atoms with Crippen molar-refractivity contribution >= 4 is 5.78 Å². The molecule has 100 valence electrons. The number of Topliss-reactive ketones (excluding diaryl/α,β-unsaturated/α-hetero) is 1. The normalized spacial score (nSPS) is 13.4. The molecule has 1 aromatic rings. The van der Waals surface area contributed by atoms with Gasteiger partial charge in [-0.3, -0.25) is 4.79 Å². The van der Waals surface area contributed by atoms with Gasteiger partial charge in [0.2, 0.25) is 0 Å². The summed E-state index contributed by atoms with van der Waals surface area (Å²) in [4.78, 5) is 11.6. The minimum absolute atomic E-state index is 0.0254. The molecule has 0 aliphatic carbocycles. The zero-order chi connectivity index (χ0) is 13.9. The van der Waals surface area contributed by atoms with Crippen LogP contribution >= 0.6 is 0 Å². The Morgan fingerprint density at radius 2 is 1.94 bits per heavy atom. The van der Waals surface area contributed by atoms with Crippen LogP contribution in [0.2, 0.25) is 0 Å². The van der Waals surface area contributed by atoms with Crippen LogP contribution < -0.4 is 5.73 Å². The Morgan fingerprint density at radius 1 is 1.33 bits per heavy atom. The monoisotopic (exact) mass is 255 g/mol. The smallest absolute Gasteiger partial charge is 0.159 e. The van der Waals surface area contributed by atoms with E-state index >= 15 is 0 Å². The van der Waals surface area contributed by atoms with Gasteiger partial charge in [-0.15, -0.1) is 0 Å². The number of halogens is 2. The van der Waals surface area contributed by atoms with Crippen molar-refractivity contribution in [2.75, 3.05) is 0 Å². The topological polar surface area (TPSA) is 43.1 Å². The van der Waals surface area contributed by atoms with E-state index in [0.717, 1.165) is 6.07 Å². The Balaban J connectivity index is 2.75. The van der Waals surface area contributed by atoms with Gasteiger partial charge in [0, 0.05) is 6.42 Å². The highest BCUT2D eigenvalue weighted by molar-refractivity contribution is 5.83. The molecule has 0 saturated heterocycles. The van der Waals surface area contributed by atoms with Crippen molar-refractivity contribution in [1.29, 1.82) is 0 Å². The molecule has 2 nitrogen and oxygen atoms in total. The van der Waals surface area contributed by atoms with Gasteiger partial charge in [-0.2, -0.15) is 0 Å². The van der Waals surface area contributed by atoms with Crippen molar-refractivity contribution < 1.29 is 13.6 Å². The predicted molar refractivity (Wildman–Crippen MR) is 67.1 cm³/mol. The highest BCUT2D eigenvalue weighted by Crippen LogP contribution is 2.27. The van der Waals surface area contributed by atoms with Gasteiger partial charge in [-0.25, -0.2) is 8.78 Å². The molecule has 1 unspecified atom stereocenters. The number of nitrogens with two attached hydrogens (primary N) is 1. The van der Waals surface area contributed by atoms with E-state index < -0.39 is 17.7 Å². The summed E-state index contributed by atoms with van der Waals surface area (Å²) < 4.78 is 25.9. The SMILES string of the molecule is CC(N)C(=O)CC(C)(C)Cc1ccc(F)c(F)c1. The molecule has 0 radical (unpaired) electrons. The van der Waals surface area contributed by atoms with Crippen LogP contribution in [-0.2, 0) is 11.2 Å². The van der Waals surface area contributed by atoms with Gasteiger partial charge in [0.15, 0.2) is 11.6 Å². The van der Waals surface area contributed by atoms with Gasteiger partial charge in [0.05, 0.1) is 6.04 Å². The van der Waals surface area contributed by atoms with E-state index in [1.807, 2.05) is 13.8 Å². The van der Waals surface area contributed by atoms with Gasteiger partial charge in [-0.1, -0.05) is 19.9 Å². The van der Waals surface area contributed by atoms with Crippen molar-refractivity contribution in [2.45, 2.75) is 39.7 Å². The van der Waals surface area contributed by atoms with Gasteiger partial charge in [-0.05, 0) is 36.5 Å². The van der Waals surface area contributed by atoms with E-state index in [1.54, 1.807) is 6.92 Å². The second-order valence-electron chi connectivity index (χ2n) is 5.52. The lowest BCUT2D eigenvalue weighted by molar-refractivity contribution is -0.121. The molecular weight excluding hydrogens is 236 g/mol. The largest absolute Gasteiger partial charge is 0.322 e. The lowest BCUT2D eigenvalue weighted by Crippen LogP contribution is -2.31. The number of rotatable bonds is 5. The second-order valence-corrected chi connectivity index (χ2v) is 5.52. The van der Waals surface area contributed by atoms with E-state index in [9.17, 15) is 13.6 Å². The quantitative estimate of drug-likeness (QED) is 0.879. The third-order valence-corrected chi connectivity index (χ3v) is 2.83. The standard InChI is InChI=1S/C14H19F2NO/c1-9(17)13(18)8-14(2,3)7-10-4-5-11(15)12(16)6-10/h4-6,9H,7-8,17H2,1-3H3. The van der Waals surface area contributed by atoms with E-state index in [4.69, 9.17) is 5.73 Å². The zero-order valence-corrected chi connectivity index (χ0v) is 11.0. The molecule has 0 bridgehead atoms. The zero-order valence-electron chi connectivity index (χ0n) is 11.0. The molecule has 18 heavy (non-hydrogen) atoms. The molecule has 2 N–H and O–H groups in total. The van der Waals surface area contributed by atoms with Crippen LogP contribution in [0.3, 0.4) is 0 Å². The molecule has 0 saturated carbocycles. The van der Waals surface area contributed by atoms with Crippen LogP contribution in [-0.4, -0.2) is 11.8 Å². The van der Waals surface area contributed by atoms with Crippen LogP contribution in [0, 0.1) is 17.0 Å². The number of carbonyl (C=O) groups is 1. The Bertz CT molecular complexity index is 441. The maximum absolute atomic E-state index is 13.1. The van der Waals surface area contributed by atoms with E-state index in [-0.39, 0.29) is 11.2 Å². The first-order valence-corrected chi connectivity index (χ1v) is 5.93. The van der Waals surface area contributed by atoms with Crippen molar-refractivity contribution in [2.24, 2.45) is 11.1 Å². The highest BCUT2D eigenvalue weighted by Gasteiger charge is 2.24. The van der Waals surface area contributed by atoms with Gasteiger partial charge in [0.25, 0.3) is 0 Å². The van der Waals surface area contributed by atoms with Crippen LogP contribution in [0.1, 0.15) is 32.8 Å². The van der Waals surface area contributed by atoms with Crippen molar-refractivity contribution in [3.8, 4) is 0 Å². The van der Waals surface area contributed by atoms with Crippen LogP contribution in [0.4, 0.5) is 8.78 Å². The molecule has 0 aliphatic heterocycles. The first-order valence-electron chi connectivity index (χ1n) is 5.93. The summed E-state index contributed by atoms with van der Waals surface area (Å²) in [5.41, 5.74) is 5.87. The van der Waals surface area contributed by atoms with Crippen molar-refractivity contribution in [1.82, 2.24) is 0 Å². The Hall–Kier alpha value is -1.29. The van der Waals surface area contributed by atoms with E-state index in [0.29, 0.717) is 18.4 Å². The van der Waals surface area contributed by atoms with Crippen LogP contribution in [0.25, 0.3) is 0 Å². The average Bonchev–Trinajstić information content (AvgIpc) is 2.22. The first-order chi connectivity index (χ1) is 8.21. The average molecular weight is 255 g/mol. The lowest BCUT2D eigenvalue weighted by Gasteiger charge is -2.24. The fraction of sp³-hybridized carbons (Fsp3) is 0.500. The minimum atomic E-state index is -0.859.